The van der Waals surface area contributed by atoms with E-state index in [1.54, 1.807) is 13.4 Å². The lowest BCUT2D eigenvalue weighted by atomic mass is 10.1. The molecule has 25 heavy (non-hydrogen) atoms. The minimum Gasteiger partial charge on any atom is -0.469 e. The molecule has 1 aromatic rings. The van der Waals surface area contributed by atoms with E-state index in [0.29, 0.717) is 12.1 Å². The van der Waals surface area contributed by atoms with E-state index in [9.17, 15) is 0 Å². The number of aliphatic imine (C=N–C) groups is 1. The van der Waals surface area contributed by atoms with Gasteiger partial charge in [0.15, 0.2) is 5.96 Å². The number of guanidine groups is 1. The summed E-state index contributed by atoms with van der Waals surface area (Å²) in [7, 11) is 1.76. The van der Waals surface area contributed by atoms with Crippen LogP contribution < -0.4 is 5.32 Å². The van der Waals surface area contributed by atoms with Crippen LogP contribution in [-0.4, -0.2) is 74.3 Å². The Morgan fingerprint density at radius 1 is 1.36 bits per heavy atom. The molecule has 0 radical (unpaired) electrons. The number of piperazine rings is 1. The molecule has 1 saturated heterocycles. The number of nitrogens with one attached hydrogen (secondary N) is 1. The van der Waals surface area contributed by atoms with Gasteiger partial charge in [-0.2, -0.15) is 0 Å². The molecule has 0 spiro atoms. The summed E-state index contributed by atoms with van der Waals surface area (Å²) in [5.41, 5.74) is 0. The highest BCUT2D eigenvalue weighted by atomic mass is 127. The van der Waals surface area contributed by atoms with E-state index in [-0.39, 0.29) is 24.0 Å². The second-order valence-corrected chi connectivity index (χ2v) is 6.40. The van der Waals surface area contributed by atoms with E-state index >= 15 is 0 Å². The maximum absolute atomic E-state index is 5.38. The molecule has 0 aliphatic carbocycles. The molecule has 0 amide bonds. The van der Waals surface area contributed by atoms with Gasteiger partial charge in [-0.3, -0.25) is 9.89 Å². The van der Waals surface area contributed by atoms with Crippen LogP contribution in [0.4, 0.5) is 0 Å². The molecular weight excluding hydrogens is 431 g/mol. The molecule has 1 aromatic heterocycles. The van der Waals surface area contributed by atoms with Crippen LogP contribution in [0.15, 0.2) is 27.8 Å². The summed E-state index contributed by atoms with van der Waals surface area (Å²) in [5.74, 6) is 2.00. The third kappa shape index (κ3) is 6.79. The van der Waals surface area contributed by atoms with Gasteiger partial charge in [-0.25, -0.2) is 0 Å². The Labute approximate surface area is 169 Å². The summed E-state index contributed by atoms with van der Waals surface area (Å²) in [4.78, 5) is 9.70. The van der Waals surface area contributed by atoms with Gasteiger partial charge in [0.05, 0.1) is 12.9 Å². The molecule has 6 nitrogen and oxygen atoms in total. The summed E-state index contributed by atoms with van der Waals surface area (Å²) in [5, 5.41) is 3.43. The molecule has 2 heterocycles. The molecule has 0 aromatic carbocycles. The molecule has 2 rings (SSSR count). The van der Waals surface area contributed by atoms with Crippen molar-refractivity contribution in [2.75, 3.05) is 46.4 Å². The van der Waals surface area contributed by atoms with E-state index in [2.05, 4.69) is 35.9 Å². The fourth-order valence-electron chi connectivity index (χ4n) is 3.32. The second-order valence-electron chi connectivity index (χ2n) is 6.40. The monoisotopic (exact) mass is 464 g/mol. The van der Waals surface area contributed by atoms with Crippen LogP contribution in [0, 0.1) is 0 Å². The van der Waals surface area contributed by atoms with Gasteiger partial charge in [-0.15, -0.1) is 24.0 Å². The Hall–Kier alpha value is -0.800. The van der Waals surface area contributed by atoms with Crippen LogP contribution in [0.3, 0.4) is 0 Å². The molecule has 2 unspecified atom stereocenters. The maximum atomic E-state index is 5.38. The number of halogens is 1. The molecule has 144 valence electrons. The lowest BCUT2D eigenvalue weighted by molar-refractivity contribution is 0.0444. The lowest BCUT2D eigenvalue weighted by Crippen LogP contribution is -2.60. The predicted molar refractivity (Wildman–Crippen MR) is 113 cm³/mol. The van der Waals surface area contributed by atoms with Gasteiger partial charge in [0.2, 0.25) is 0 Å². The Morgan fingerprint density at radius 3 is 2.64 bits per heavy atom. The fraction of sp³-hybridized carbons (Fsp3) is 0.722. The summed E-state index contributed by atoms with van der Waals surface area (Å²) < 4.78 is 10.6. The van der Waals surface area contributed by atoms with Gasteiger partial charge >= 0.3 is 0 Å². The second kappa shape index (κ2) is 11.7. The number of nitrogens with zero attached hydrogens (tertiary/aromatic N) is 3. The first-order valence-corrected chi connectivity index (χ1v) is 8.96. The number of furan rings is 1. The quantitative estimate of drug-likeness (QED) is 0.382. The van der Waals surface area contributed by atoms with E-state index in [0.717, 1.165) is 57.5 Å². The first kappa shape index (κ1) is 22.2. The van der Waals surface area contributed by atoms with Crippen LogP contribution in [-0.2, 0) is 11.2 Å². The smallest absolute Gasteiger partial charge is 0.194 e. The minimum absolute atomic E-state index is 0. The Morgan fingerprint density at radius 2 is 2.08 bits per heavy atom. The zero-order valence-electron chi connectivity index (χ0n) is 15.9. The summed E-state index contributed by atoms with van der Waals surface area (Å²) in [6, 6.07) is 4.89. The minimum atomic E-state index is 0. The van der Waals surface area contributed by atoms with Gasteiger partial charge in [-0.05, 0) is 32.9 Å². The summed E-state index contributed by atoms with van der Waals surface area (Å²) in [6.45, 7) is 12.0. The van der Waals surface area contributed by atoms with Crippen LogP contribution >= 0.6 is 24.0 Å². The highest BCUT2D eigenvalue weighted by molar-refractivity contribution is 14.0. The fourth-order valence-corrected chi connectivity index (χ4v) is 3.32. The van der Waals surface area contributed by atoms with Gasteiger partial charge in [0.1, 0.15) is 5.76 Å². The van der Waals surface area contributed by atoms with Crippen molar-refractivity contribution in [1.29, 1.82) is 0 Å². The van der Waals surface area contributed by atoms with Crippen molar-refractivity contribution in [2.45, 2.75) is 39.3 Å². The number of hydrogen-bond donors (Lipinski definition) is 1. The molecule has 1 N–H and O–H groups in total. The van der Waals surface area contributed by atoms with E-state index < -0.39 is 0 Å². The Balaban J connectivity index is 0.00000312. The van der Waals surface area contributed by atoms with Gasteiger partial charge < -0.3 is 19.4 Å². The molecule has 0 saturated carbocycles. The lowest BCUT2D eigenvalue weighted by Gasteiger charge is -2.45. The zero-order valence-corrected chi connectivity index (χ0v) is 18.2. The van der Waals surface area contributed by atoms with Crippen molar-refractivity contribution in [3.63, 3.8) is 0 Å². The summed E-state index contributed by atoms with van der Waals surface area (Å²) in [6.07, 6.45) is 2.55. The van der Waals surface area contributed by atoms with Gasteiger partial charge in [0, 0.05) is 58.3 Å². The van der Waals surface area contributed by atoms with Crippen molar-refractivity contribution in [3.05, 3.63) is 24.2 Å². The van der Waals surface area contributed by atoms with E-state index in [4.69, 9.17) is 14.1 Å². The molecule has 1 aliphatic rings. The van der Waals surface area contributed by atoms with Crippen molar-refractivity contribution in [2.24, 2.45) is 4.99 Å². The van der Waals surface area contributed by atoms with E-state index in [1.165, 1.54) is 0 Å². The Kier molecular flexibility index (Phi) is 10.4. The molecule has 2 atom stereocenters. The number of hydrogen-bond acceptors (Lipinski definition) is 4. The maximum Gasteiger partial charge on any atom is 0.194 e. The summed E-state index contributed by atoms with van der Waals surface area (Å²) >= 11 is 0. The van der Waals surface area contributed by atoms with Crippen molar-refractivity contribution in [1.82, 2.24) is 15.1 Å². The van der Waals surface area contributed by atoms with Crippen molar-refractivity contribution < 1.29 is 9.15 Å². The molecule has 7 heteroatoms. The van der Waals surface area contributed by atoms with Crippen LogP contribution in [0.5, 0.6) is 0 Å². The normalized spacial score (nSPS) is 21.9. The topological polar surface area (TPSA) is 53.2 Å². The standard InChI is InChI=1S/C18H32N4O2.HI/c1-5-19-18(20-9-8-17-7-6-11-24-17)21-13-15(2)22(10-12-23-4)16(3)14-21;/h6-7,11,15-16H,5,8-10,12-14H2,1-4H3,(H,19,20);1H. The highest BCUT2D eigenvalue weighted by Gasteiger charge is 2.30. The third-order valence-electron chi connectivity index (χ3n) is 4.49. The van der Waals surface area contributed by atoms with Crippen molar-refractivity contribution >= 4 is 29.9 Å². The SMILES string of the molecule is CCNC(=NCCc1ccco1)N1CC(C)N(CCOC)C(C)C1.I. The zero-order chi connectivity index (χ0) is 17.4. The van der Waals surface area contributed by atoms with Crippen LogP contribution in [0.2, 0.25) is 0 Å². The molecule has 1 fully saturated rings. The first-order valence-electron chi connectivity index (χ1n) is 8.96. The molecule has 1 aliphatic heterocycles. The van der Waals surface area contributed by atoms with Crippen molar-refractivity contribution in [3.8, 4) is 0 Å². The highest BCUT2D eigenvalue weighted by Crippen LogP contribution is 2.15. The molecular formula is C18H33IN4O2. The average molecular weight is 464 g/mol. The van der Waals surface area contributed by atoms with Crippen LogP contribution in [0.25, 0.3) is 0 Å². The Bertz CT molecular complexity index is 483. The van der Waals surface area contributed by atoms with Gasteiger partial charge in [-0.1, -0.05) is 0 Å². The van der Waals surface area contributed by atoms with Crippen LogP contribution in [0.1, 0.15) is 26.5 Å². The third-order valence-corrected chi connectivity index (χ3v) is 4.49. The van der Waals surface area contributed by atoms with Gasteiger partial charge in [0.25, 0.3) is 0 Å². The van der Waals surface area contributed by atoms with E-state index in [1.807, 2.05) is 12.1 Å². The average Bonchev–Trinajstić information content (AvgIpc) is 3.06. The largest absolute Gasteiger partial charge is 0.469 e. The number of ether oxygens (including phenoxy) is 1. The predicted octanol–water partition coefficient (Wildman–Crippen LogP) is 2.45. The number of rotatable bonds is 7. The first-order chi connectivity index (χ1) is 11.7. The molecule has 0 bridgehead atoms. The number of methoxy groups -OCH3 is 1.